The van der Waals surface area contributed by atoms with Gasteiger partial charge in [0.05, 0.1) is 32.0 Å². The van der Waals surface area contributed by atoms with Gasteiger partial charge in [-0.25, -0.2) is 0 Å². The van der Waals surface area contributed by atoms with Crippen LogP contribution in [0.5, 0.6) is 0 Å². The lowest BCUT2D eigenvalue weighted by atomic mass is 9.96. The third kappa shape index (κ3) is 6.44. The summed E-state index contributed by atoms with van der Waals surface area (Å²) < 4.78 is 15.9. The number of hydrogen-bond donors (Lipinski definition) is 1. The van der Waals surface area contributed by atoms with E-state index in [9.17, 15) is 9.90 Å². The number of carbonyl (C=O) groups is 1. The van der Waals surface area contributed by atoms with Crippen LogP contribution in [0, 0.1) is 0 Å². The zero-order valence-electron chi connectivity index (χ0n) is 11.3. The molecule has 0 saturated heterocycles. The second-order valence-electron chi connectivity index (χ2n) is 4.82. The molecule has 1 rings (SSSR count). The van der Waals surface area contributed by atoms with Crippen molar-refractivity contribution in [2.24, 2.45) is 0 Å². The summed E-state index contributed by atoms with van der Waals surface area (Å²) >= 11 is 0. The molecule has 0 radical (unpaired) electrons. The number of hydrogen-bond acceptors (Lipinski definition) is 5. The lowest BCUT2D eigenvalue weighted by Gasteiger charge is -2.23. The molecule has 0 aromatic rings. The highest BCUT2D eigenvalue weighted by molar-refractivity contribution is 5.79. The fourth-order valence-corrected chi connectivity index (χ4v) is 1.93. The minimum atomic E-state index is -0.623. The monoisotopic (exact) mass is 260 g/mol. The van der Waals surface area contributed by atoms with Crippen molar-refractivity contribution in [3.63, 3.8) is 0 Å². The molecule has 5 nitrogen and oxygen atoms in total. The van der Waals surface area contributed by atoms with Crippen LogP contribution < -0.4 is 0 Å². The average molecular weight is 260 g/mol. The van der Waals surface area contributed by atoms with Gasteiger partial charge in [-0.05, 0) is 19.8 Å². The van der Waals surface area contributed by atoms with Gasteiger partial charge in [-0.2, -0.15) is 0 Å². The van der Waals surface area contributed by atoms with Gasteiger partial charge in [0.2, 0.25) is 0 Å². The number of aliphatic hydroxyl groups excluding tert-OH is 1. The van der Waals surface area contributed by atoms with Crippen LogP contribution in [0.3, 0.4) is 0 Å². The Morgan fingerprint density at radius 1 is 1.28 bits per heavy atom. The van der Waals surface area contributed by atoms with Crippen molar-refractivity contribution in [2.75, 3.05) is 26.9 Å². The quantitative estimate of drug-likeness (QED) is 0.703. The first kappa shape index (κ1) is 15.6. The number of ether oxygens (including phenoxy) is 3. The Kier molecular flexibility index (Phi) is 7.42. The molecular formula is C13H24O5. The number of Topliss-reactive ketones (excluding diaryl/α,β-unsaturated/α-hetero) is 1. The molecule has 106 valence electrons. The molecule has 5 heteroatoms. The van der Waals surface area contributed by atoms with Gasteiger partial charge in [-0.15, -0.1) is 0 Å². The summed E-state index contributed by atoms with van der Waals surface area (Å²) in [4.78, 5) is 11.0. The first-order valence-electron chi connectivity index (χ1n) is 6.53. The standard InChI is InChI=1S/C13H24O5/c1-10(7-16-2)17-8-12(15)9-18-13-5-3-11(14)4-6-13/h10,12-13,15H,3-9H2,1-2H3. The average Bonchev–Trinajstić information content (AvgIpc) is 2.36. The Balaban J connectivity index is 2.05. The fraction of sp³-hybridized carbons (Fsp3) is 0.923. The van der Waals surface area contributed by atoms with Crippen molar-refractivity contribution >= 4 is 5.78 Å². The molecule has 18 heavy (non-hydrogen) atoms. The predicted molar refractivity (Wildman–Crippen MR) is 66.5 cm³/mol. The second kappa shape index (κ2) is 8.58. The third-order valence-electron chi connectivity index (χ3n) is 2.99. The molecule has 1 aliphatic rings. The maximum Gasteiger partial charge on any atom is 0.133 e. The van der Waals surface area contributed by atoms with Crippen molar-refractivity contribution < 1.29 is 24.1 Å². The summed E-state index contributed by atoms with van der Waals surface area (Å²) in [6.07, 6.45) is 2.19. The highest BCUT2D eigenvalue weighted by atomic mass is 16.5. The highest BCUT2D eigenvalue weighted by Gasteiger charge is 2.20. The van der Waals surface area contributed by atoms with Crippen molar-refractivity contribution in [1.82, 2.24) is 0 Å². The molecule has 1 saturated carbocycles. The summed E-state index contributed by atoms with van der Waals surface area (Å²) in [6.45, 7) is 2.91. The number of methoxy groups -OCH3 is 1. The van der Waals surface area contributed by atoms with E-state index in [0.29, 0.717) is 25.2 Å². The molecule has 0 amide bonds. The summed E-state index contributed by atoms with van der Waals surface area (Å²) in [5.74, 6) is 0.312. The molecule has 0 bridgehead atoms. The van der Waals surface area contributed by atoms with E-state index in [-0.39, 0.29) is 25.4 Å². The largest absolute Gasteiger partial charge is 0.388 e. The number of ketones is 1. The normalized spacial score (nSPS) is 20.9. The lowest BCUT2D eigenvalue weighted by Crippen LogP contribution is -2.30. The van der Waals surface area contributed by atoms with Gasteiger partial charge in [-0.1, -0.05) is 0 Å². The van der Waals surface area contributed by atoms with Gasteiger partial charge >= 0.3 is 0 Å². The third-order valence-corrected chi connectivity index (χ3v) is 2.99. The maximum atomic E-state index is 11.0. The first-order valence-corrected chi connectivity index (χ1v) is 6.53. The van der Waals surface area contributed by atoms with E-state index < -0.39 is 6.10 Å². The van der Waals surface area contributed by atoms with E-state index in [1.807, 2.05) is 6.92 Å². The van der Waals surface area contributed by atoms with Gasteiger partial charge in [0.25, 0.3) is 0 Å². The van der Waals surface area contributed by atoms with Crippen molar-refractivity contribution in [1.29, 1.82) is 0 Å². The van der Waals surface area contributed by atoms with Gasteiger partial charge in [0, 0.05) is 20.0 Å². The number of carbonyl (C=O) groups excluding carboxylic acids is 1. The van der Waals surface area contributed by atoms with Crippen molar-refractivity contribution in [3.8, 4) is 0 Å². The molecule has 0 aromatic carbocycles. The maximum absolute atomic E-state index is 11.0. The Labute approximate surface area is 108 Å². The van der Waals surface area contributed by atoms with Crippen LogP contribution in [0.25, 0.3) is 0 Å². The molecule has 2 atom stereocenters. The molecule has 1 aliphatic carbocycles. The molecule has 0 heterocycles. The zero-order chi connectivity index (χ0) is 13.4. The summed E-state index contributed by atoms with van der Waals surface area (Å²) in [6, 6.07) is 0. The van der Waals surface area contributed by atoms with Crippen molar-refractivity contribution in [2.45, 2.75) is 50.9 Å². The highest BCUT2D eigenvalue weighted by Crippen LogP contribution is 2.18. The Morgan fingerprint density at radius 2 is 1.94 bits per heavy atom. The van der Waals surface area contributed by atoms with E-state index in [2.05, 4.69) is 0 Å². The van der Waals surface area contributed by atoms with Gasteiger partial charge in [-0.3, -0.25) is 4.79 Å². The summed E-state index contributed by atoms with van der Waals surface area (Å²) in [5.41, 5.74) is 0. The number of aliphatic hydroxyl groups is 1. The molecule has 1 fully saturated rings. The smallest absolute Gasteiger partial charge is 0.133 e. The van der Waals surface area contributed by atoms with Crippen LogP contribution in [0.2, 0.25) is 0 Å². The minimum absolute atomic E-state index is 0.0306. The topological polar surface area (TPSA) is 65.0 Å². The van der Waals surface area contributed by atoms with E-state index in [0.717, 1.165) is 12.8 Å². The molecular weight excluding hydrogens is 236 g/mol. The lowest BCUT2D eigenvalue weighted by molar-refractivity contribution is -0.124. The summed E-state index contributed by atoms with van der Waals surface area (Å²) in [5, 5.41) is 9.69. The fourth-order valence-electron chi connectivity index (χ4n) is 1.93. The first-order chi connectivity index (χ1) is 8.61. The Hall–Kier alpha value is -0.490. The minimum Gasteiger partial charge on any atom is -0.388 e. The molecule has 2 unspecified atom stereocenters. The van der Waals surface area contributed by atoms with E-state index in [1.54, 1.807) is 7.11 Å². The zero-order valence-corrected chi connectivity index (χ0v) is 11.3. The summed E-state index contributed by atoms with van der Waals surface area (Å²) in [7, 11) is 1.61. The Bertz CT molecular complexity index is 234. The van der Waals surface area contributed by atoms with Gasteiger partial charge in [0.15, 0.2) is 0 Å². The van der Waals surface area contributed by atoms with Crippen LogP contribution in [0.15, 0.2) is 0 Å². The van der Waals surface area contributed by atoms with Crippen LogP contribution >= 0.6 is 0 Å². The molecule has 1 N–H and O–H groups in total. The Morgan fingerprint density at radius 3 is 2.56 bits per heavy atom. The second-order valence-corrected chi connectivity index (χ2v) is 4.82. The number of rotatable bonds is 8. The van der Waals surface area contributed by atoms with E-state index in [1.165, 1.54) is 0 Å². The van der Waals surface area contributed by atoms with Crippen LogP contribution in [0.1, 0.15) is 32.6 Å². The van der Waals surface area contributed by atoms with Crippen LogP contribution in [-0.2, 0) is 19.0 Å². The van der Waals surface area contributed by atoms with E-state index >= 15 is 0 Å². The van der Waals surface area contributed by atoms with Crippen LogP contribution in [0.4, 0.5) is 0 Å². The van der Waals surface area contributed by atoms with Crippen LogP contribution in [-0.4, -0.2) is 56.1 Å². The molecule has 0 spiro atoms. The molecule has 0 aliphatic heterocycles. The van der Waals surface area contributed by atoms with Gasteiger partial charge < -0.3 is 19.3 Å². The van der Waals surface area contributed by atoms with E-state index in [4.69, 9.17) is 14.2 Å². The van der Waals surface area contributed by atoms with Gasteiger partial charge in [0.1, 0.15) is 11.9 Å². The SMILES string of the molecule is COCC(C)OCC(O)COC1CCC(=O)CC1. The predicted octanol–water partition coefficient (Wildman–Crippen LogP) is 0.927. The van der Waals surface area contributed by atoms with Crippen molar-refractivity contribution in [3.05, 3.63) is 0 Å². The molecule has 0 aromatic heterocycles.